The van der Waals surface area contributed by atoms with E-state index in [1.54, 1.807) is 0 Å². The lowest BCUT2D eigenvalue weighted by atomic mass is 9.93. The van der Waals surface area contributed by atoms with Crippen LogP contribution in [0.2, 0.25) is 0 Å². The van der Waals surface area contributed by atoms with Gasteiger partial charge in [0.25, 0.3) is 0 Å². The van der Waals surface area contributed by atoms with Crippen LogP contribution in [-0.4, -0.2) is 0 Å². The summed E-state index contributed by atoms with van der Waals surface area (Å²) in [6.07, 6.45) is 3.71. The number of rotatable bonds is 3. The number of aryl methyl sites for hydroxylation is 3. The molecule has 0 aliphatic heterocycles. The first kappa shape index (κ1) is 14.4. The average Bonchev–Trinajstić information content (AvgIpc) is 2.91. The summed E-state index contributed by atoms with van der Waals surface area (Å²) in [5.41, 5.74) is 2.77. The Balaban J connectivity index is 1.80. The monoisotopic (exact) mass is 353 g/mol. The lowest BCUT2D eigenvalue weighted by molar-refractivity contribution is 0.412. The van der Waals surface area contributed by atoms with Crippen LogP contribution in [-0.2, 0) is 6.42 Å². The fourth-order valence-corrected chi connectivity index (χ4v) is 4.99. The molecule has 0 bridgehead atoms. The Morgan fingerprint density at radius 3 is 2.90 bits per heavy atom. The van der Waals surface area contributed by atoms with E-state index in [0.717, 1.165) is 11.5 Å². The molecular weight excluding hydrogens is 334 g/mol. The Morgan fingerprint density at radius 2 is 2.20 bits per heavy atom. The fraction of sp³-hybridized carbons (Fsp3) is 0.500. The lowest BCUT2D eigenvalue weighted by Gasteiger charge is -2.27. The molecule has 0 saturated heterocycles. The Morgan fingerprint density at radius 1 is 1.40 bits per heavy atom. The van der Waals surface area contributed by atoms with Crippen LogP contribution in [0.15, 0.2) is 20.3 Å². The van der Waals surface area contributed by atoms with E-state index in [1.165, 1.54) is 39.1 Å². The second-order valence-electron chi connectivity index (χ2n) is 5.63. The van der Waals surface area contributed by atoms with E-state index in [4.69, 9.17) is 4.42 Å². The molecule has 2 unspecified atom stereocenters. The third kappa shape index (κ3) is 2.74. The van der Waals surface area contributed by atoms with Crippen molar-refractivity contribution in [2.24, 2.45) is 0 Å². The summed E-state index contributed by atoms with van der Waals surface area (Å²) in [6, 6.07) is 5.23. The number of halogens is 1. The highest BCUT2D eigenvalue weighted by Gasteiger charge is 2.25. The summed E-state index contributed by atoms with van der Waals surface area (Å²) in [7, 11) is 0. The van der Waals surface area contributed by atoms with Gasteiger partial charge < -0.3 is 9.73 Å². The molecule has 2 nitrogen and oxygen atoms in total. The zero-order valence-electron chi connectivity index (χ0n) is 12.1. The fourth-order valence-electron chi connectivity index (χ4n) is 3.17. The maximum absolute atomic E-state index is 5.65. The highest BCUT2D eigenvalue weighted by Crippen LogP contribution is 2.39. The molecule has 1 N–H and O–H groups in total. The van der Waals surface area contributed by atoms with E-state index < -0.39 is 0 Å². The van der Waals surface area contributed by atoms with Crippen LogP contribution in [0, 0.1) is 13.8 Å². The molecule has 2 aromatic rings. The molecule has 0 saturated carbocycles. The van der Waals surface area contributed by atoms with Gasteiger partial charge in [-0.2, -0.15) is 0 Å². The van der Waals surface area contributed by atoms with Crippen molar-refractivity contribution in [2.75, 3.05) is 0 Å². The van der Waals surface area contributed by atoms with E-state index in [9.17, 15) is 0 Å². The second kappa shape index (κ2) is 5.66. The van der Waals surface area contributed by atoms with Crippen molar-refractivity contribution in [1.29, 1.82) is 0 Å². The van der Waals surface area contributed by atoms with Crippen LogP contribution in [0.4, 0.5) is 0 Å². The highest BCUT2D eigenvalue weighted by molar-refractivity contribution is 9.11. The molecule has 0 radical (unpaired) electrons. The molecular formula is C16H20BrNOS. The van der Waals surface area contributed by atoms with E-state index in [-0.39, 0.29) is 0 Å². The van der Waals surface area contributed by atoms with Gasteiger partial charge in [-0.15, -0.1) is 11.3 Å². The molecule has 20 heavy (non-hydrogen) atoms. The maximum atomic E-state index is 5.65. The zero-order valence-corrected chi connectivity index (χ0v) is 14.5. The minimum absolute atomic E-state index is 0.321. The van der Waals surface area contributed by atoms with Crippen molar-refractivity contribution >= 4 is 27.3 Å². The Bertz CT molecular complexity index is 616. The van der Waals surface area contributed by atoms with Gasteiger partial charge in [-0.1, -0.05) is 0 Å². The molecule has 0 aromatic carbocycles. The van der Waals surface area contributed by atoms with Crippen LogP contribution >= 0.6 is 27.3 Å². The van der Waals surface area contributed by atoms with Gasteiger partial charge in [0.05, 0.1) is 3.79 Å². The molecule has 1 aliphatic rings. The largest absolute Gasteiger partial charge is 0.466 e. The van der Waals surface area contributed by atoms with Gasteiger partial charge in [0.1, 0.15) is 11.5 Å². The van der Waals surface area contributed by atoms with Crippen LogP contribution in [0.1, 0.15) is 59.4 Å². The number of fused-ring (bicyclic) bond motifs is 1. The first-order valence-electron chi connectivity index (χ1n) is 7.15. The van der Waals surface area contributed by atoms with E-state index >= 15 is 0 Å². The van der Waals surface area contributed by atoms with Gasteiger partial charge in [0, 0.05) is 22.5 Å². The number of furan rings is 1. The van der Waals surface area contributed by atoms with Crippen LogP contribution in [0.5, 0.6) is 0 Å². The first-order chi connectivity index (χ1) is 9.54. The molecule has 0 fully saturated rings. The highest BCUT2D eigenvalue weighted by atomic mass is 79.9. The molecule has 108 valence electrons. The standard InChI is InChI=1S/C16H20BrNOS/c1-9-7-12(11(3)19-9)10(2)18-14-5-4-6-15-13(14)8-16(17)20-15/h7-8,10,14,18H,4-6H2,1-3H3. The van der Waals surface area contributed by atoms with Crippen molar-refractivity contribution in [2.45, 2.75) is 52.1 Å². The predicted molar refractivity (Wildman–Crippen MR) is 87.4 cm³/mol. The molecule has 0 amide bonds. The third-order valence-electron chi connectivity index (χ3n) is 4.08. The molecule has 2 atom stereocenters. The van der Waals surface area contributed by atoms with Crippen molar-refractivity contribution in [3.8, 4) is 0 Å². The average molecular weight is 354 g/mol. The Kier molecular flexibility index (Phi) is 4.07. The zero-order chi connectivity index (χ0) is 14.3. The van der Waals surface area contributed by atoms with E-state index in [2.05, 4.69) is 40.3 Å². The van der Waals surface area contributed by atoms with Crippen molar-refractivity contribution < 1.29 is 4.42 Å². The number of thiophene rings is 1. The molecule has 4 heteroatoms. The van der Waals surface area contributed by atoms with Gasteiger partial charge in [-0.25, -0.2) is 0 Å². The van der Waals surface area contributed by atoms with Crippen molar-refractivity contribution in [1.82, 2.24) is 5.32 Å². The van der Waals surface area contributed by atoms with Crippen LogP contribution < -0.4 is 5.32 Å². The van der Waals surface area contributed by atoms with Gasteiger partial charge in [0.15, 0.2) is 0 Å². The first-order valence-corrected chi connectivity index (χ1v) is 8.76. The Labute approximate surface area is 132 Å². The summed E-state index contributed by atoms with van der Waals surface area (Å²) in [5, 5.41) is 3.78. The number of hydrogen-bond donors (Lipinski definition) is 1. The van der Waals surface area contributed by atoms with Gasteiger partial charge in [0.2, 0.25) is 0 Å². The van der Waals surface area contributed by atoms with E-state index in [1.807, 2.05) is 25.2 Å². The smallest absolute Gasteiger partial charge is 0.105 e. The van der Waals surface area contributed by atoms with Crippen molar-refractivity contribution in [3.05, 3.63) is 43.4 Å². The summed E-state index contributed by atoms with van der Waals surface area (Å²) in [4.78, 5) is 1.54. The van der Waals surface area contributed by atoms with Crippen molar-refractivity contribution in [3.63, 3.8) is 0 Å². The molecule has 2 aromatic heterocycles. The normalized spacial score (nSPS) is 19.9. The topological polar surface area (TPSA) is 25.2 Å². The number of hydrogen-bond acceptors (Lipinski definition) is 3. The second-order valence-corrected chi connectivity index (χ2v) is 8.15. The molecule has 1 aliphatic carbocycles. The minimum Gasteiger partial charge on any atom is -0.466 e. The summed E-state index contributed by atoms with van der Waals surface area (Å²) in [5.74, 6) is 2.03. The molecule has 3 rings (SSSR count). The predicted octanol–water partition coefficient (Wildman–Crippen LogP) is 5.45. The SMILES string of the molecule is Cc1cc(C(C)NC2CCCc3sc(Br)cc32)c(C)o1. The summed E-state index contributed by atoms with van der Waals surface area (Å²) in [6.45, 7) is 6.29. The van der Waals surface area contributed by atoms with Crippen LogP contribution in [0.25, 0.3) is 0 Å². The third-order valence-corrected chi connectivity index (χ3v) is 5.79. The molecule has 0 spiro atoms. The summed E-state index contributed by atoms with van der Waals surface area (Å²) < 4.78 is 6.90. The molecule has 2 heterocycles. The minimum atomic E-state index is 0.321. The van der Waals surface area contributed by atoms with Gasteiger partial charge >= 0.3 is 0 Å². The Hall–Kier alpha value is -0.580. The summed E-state index contributed by atoms with van der Waals surface area (Å²) >= 11 is 5.50. The maximum Gasteiger partial charge on any atom is 0.105 e. The quantitative estimate of drug-likeness (QED) is 0.793. The lowest BCUT2D eigenvalue weighted by Crippen LogP contribution is -2.27. The van der Waals surface area contributed by atoms with Gasteiger partial charge in [-0.3, -0.25) is 0 Å². The van der Waals surface area contributed by atoms with E-state index in [0.29, 0.717) is 12.1 Å². The van der Waals surface area contributed by atoms with Crippen LogP contribution in [0.3, 0.4) is 0 Å². The number of nitrogens with one attached hydrogen (secondary N) is 1. The van der Waals surface area contributed by atoms with Gasteiger partial charge in [-0.05, 0) is 73.7 Å².